The predicted octanol–water partition coefficient (Wildman–Crippen LogP) is 15.4. The Morgan fingerprint density at radius 1 is 0.407 bits per heavy atom. The minimum absolute atomic E-state index is 0.0197. The molecule has 0 spiro atoms. The maximum atomic E-state index is 12.7. The smallest absolute Gasteiger partial charge is 0.306 e. The number of carbonyl (C=O) groups is 3. The molecule has 0 rings (SSSR count). The normalized spacial score (nSPS) is 13.4. The van der Waals surface area contributed by atoms with Crippen molar-refractivity contribution in [3.63, 3.8) is 0 Å². The standard InChI is InChI=1S/C52H94O7/c1-4-7-10-30-38-47(53)39-31-24-18-12-16-22-28-37-46-52(57)59-49(41-32-11-8-5-2)43-34-26-20-14-17-23-29-36-45-51(56)58-48(40-9-6-3)42-33-25-19-13-15-21-27-35-44-50(54)55/h24-26,31,33-34,47-49,53H,4-23,27-30,32,35-46H2,1-3H3,(H,54,55)/b31-24+,33-25+,34-26+. The van der Waals surface area contributed by atoms with Gasteiger partial charge < -0.3 is 19.7 Å². The first-order valence-corrected chi connectivity index (χ1v) is 25.1. The molecule has 0 amide bonds. The van der Waals surface area contributed by atoms with Gasteiger partial charge in [0.15, 0.2) is 0 Å². The van der Waals surface area contributed by atoms with E-state index in [-0.39, 0.29) is 36.7 Å². The third-order valence-corrected chi connectivity index (χ3v) is 11.2. The molecule has 0 aromatic rings. The van der Waals surface area contributed by atoms with Crippen LogP contribution in [0.1, 0.15) is 258 Å². The van der Waals surface area contributed by atoms with E-state index in [1.807, 2.05) is 0 Å². The van der Waals surface area contributed by atoms with Crippen molar-refractivity contribution in [1.29, 1.82) is 0 Å². The number of allylic oxidation sites excluding steroid dienone is 3. The third-order valence-electron chi connectivity index (χ3n) is 11.2. The monoisotopic (exact) mass is 831 g/mol. The number of aliphatic carboxylic acids is 1. The molecule has 0 saturated heterocycles. The Morgan fingerprint density at radius 3 is 1.20 bits per heavy atom. The molecule has 0 heterocycles. The van der Waals surface area contributed by atoms with Gasteiger partial charge in [-0.25, -0.2) is 0 Å². The molecule has 344 valence electrons. The SMILES string of the molecule is CCCCCCC(O)C/C=C/CCCCCCCC(=O)OC(C/C=C/CCCCCCCC(=O)OC(C/C=C/CCCCCCCC(=O)O)CCCC)CCCCCC. The number of hydrogen-bond donors (Lipinski definition) is 2. The average molecular weight is 831 g/mol. The number of aliphatic hydroxyl groups is 1. The van der Waals surface area contributed by atoms with Crippen molar-refractivity contribution in [3.8, 4) is 0 Å². The van der Waals surface area contributed by atoms with E-state index in [1.54, 1.807) is 0 Å². The number of aliphatic hydroxyl groups excluding tert-OH is 1. The van der Waals surface area contributed by atoms with Crippen LogP contribution in [0, 0.1) is 0 Å². The molecule has 7 nitrogen and oxygen atoms in total. The van der Waals surface area contributed by atoms with Gasteiger partial charge in [-0.15, -0.1) is 0 Å². The first kappa shape index (κ1) is 56.6. The summed E-state index contributed by atoms with van der Waals surface area (Å²) < 4.78 is 11.8. The number of carboxylic acids is 1. The maximum Gasteiger partial charge on any atom is 0.306 e. The van der Waals surface area contributed by atoms with Crippen molar-refractivity contribution in [1.82, 2.24) is 0 Å². The van der Waals surface area contributed by atoms with Crippen LogP contribution in [-0.4, -0.2) is 46.4 Å². The molecule has 3 atom stereocenters. The van der Waals surface area contributed by atoms with Gasteiger partial charge in [-0.05, 0) is 89.9 Å². The summed E-state index contributed by atoms with van der Waals surface area (Å²) in [6.45, 7) is 6.61. The topological polar surface area (TPSA) is 110 Å². The zero-order valence-corrected chi connectivity index (χ0v) is 38.8. The maximum absolute atomic E-state index is 12.7. The summed E-state index contributed by atoms with van der Waals surface area (Å²) >= 11 is 0. The van der Waals surface area contributed by atoms with E-state index in [0.29, 0.717) is 12.8 Å². The molecule has 0 aliphatic carbocycles. The van der Waals surface area contributed by atoms with Gasteiger partial charge in [0.2, 0.25) is 0 Å². The molecule has 0 fully saturated rings. The average Bonchev–Trinajstić information content (AvgIpc) is 3.21. The lowest BCUT2D eigenvalue weighted by Gasteiger charge is -2.16. The fraction of sp³-hybridized carbons (Fsp3) is 0.827. The highest BCUT2D eigenvalue weighted by molar-refractivity contribution is 5.69. The van der Waals surface area contributed by atoms with Crippen LogP contribution in [0.4, 0.5) is 0 Å². The minimum atomic E-state index is -0.706. The number of hydrogen-bond acceptors (Lipinski definition) is 6. The highest BCUT2D eigenvalue weighted by atomic mass is 16.5. The van der Waals surface area contributed by atoms with Gasteiger partial charge in [-0.1, -0.05) is 173 Å². The van der Waals surface area contributed by atoms with Crippen LogP contribution in [0.2, 0.25) is 0 Å². The minimum Gasteiger partial charge on any atom is -0.481 e. The molecular weight excluding hydrogens is 737 g/mol. The zero-order valence-electron chi connectivity index (χ0n) is 38.8. The fourth-order valence-corrected chi connectivity index (χ4v) is 7.39. The highest BCUT2D eigenvalue weighted by Gasteiger charge is 2.14. The molecule has 0 radical (unpaired) electrons. The van der Waals surface area contributed by atoms with Crippen LogP contribution >= 0.6 is 0 Å². The van der Waals surface area contributed by atoms with Gasteiger partial charge in [0.1, 0.15) is 12.2 Å². The van der Waals surface area contributed by atoms with Crippen molar-refractivity contribution >= 4 is 17.9 Å². The fourth-order valence-electron chi connectivity index (χ4n) is 7.39. The Kier molecular flexibility index (Phi) is 43.3. The van der Waals surface area contributed by atoms with E-state index < -0.39 is 5.97 Å². The first-order chi connectivity index (χ1) is 28.8. The summed E-state index contributed by atoms with van der Waals surface area (Å²) in [7, 11) is 0. The lowest BCUT2D eigenvalue weighted by atomic mass is 10.1. The Balaban J connectivity index is 4.16. The molecule has 0 aliphatic rings. The van der Waals surface area contributed by atoms with Crippen molar-refractivity contribution in [2.45, 2.75) is 277 Å². The lowest BCUT2D eigenvalue weighted by Crippen LogP contribution is -2.17. The molecule has 0 aromatic carbocycles. The van der Waals surface area contributed by atoms with Gasteiger partial charge in [0.25, 0.3) is 0 Å². The summed E-state index contributed by atoms with van der Waals surface area (Å²) in [6, 6.07) is 0. The predicted molar refractivity (Wildman–Crippen MR) is 249 cm³/mol. The Labute approximate surface area is 364 Å². The van der Waals surface area contributed by atoms with E-state index in [2.05, 4.69) is 57.2 Å². The Morgan fingerprint density at radius 2 is 0.763 bits per heavy atom. The second kappa shape index (κ2) is 45.1. The second-order valence-corrected chi connectivity index (χ2v) is 17.2. The molecule has 0 aliphatic heterocycles. The quantitative estimate of drug-likeness (QED) is 0.0357. The highest BCUT2D eigenvalue weighted by Crippen LogP contribution is 2.18. The van der Waals surface area contributed by atoms with E-state index in [4.69, 9.17) is 14.6 Å². The van der Waals surface area contributed by atoms with E-state index in [9.17, 15) is 19.5 Å². The van der Waals surface area contributed by atoms with Crippen LogP contribution in [0.3, 0.4) is 0 Å². The Hall–Kier alpha value is -2.41. The lowest BCUT2D eigenvalue weighted by molar-refractivity contribution is -0.150. The largest absolute Gasteiger partial charge is 0.481 e. The molecular formula is C52H94O7. The first-order valence-electron chi connectivity index (χ1n) is 25.1. The van der Waals surface area contributed by atoms with Gasteiger partial charge in [0, 0.05) is 32.1 Å². The van der Waals surface area contributed by atoms with Gasteiger partial charge in [0.05, 0.1) is 6.10 Å². The van der Waals surface area contributed by atoms with Crippen LogP contribution in [0.25, 0.3) is 0 Å². The van der Waals surface area contributed by atoms with Gasteiger partial charge in [-0.2, -0.15) is 0 Å². The second-order valence-electron chi connectivity index (χ2n) is 17.2. The summed E-state index contributed by atoms with van der Waals surface area (Å²) in [5.41, 5.74) is 0. The van der Waals surface area contributed by atoms with Gasteiger partial charge in [-0.3, -0.25) is 14.4 Å². The molecule has 0 aromatic heterocycles. The van der Waals surface area contributed by atoms with Crippen molar-refractivity contribution in [3.05, 3.63) is 36.5 Å². The molecule has 59 heavy (non-hydrogen) atoms. The molecule has 0 bridgehead atoms. The van der Waals surface area contributed by atoms with Crippen molar-refractivity contribution in [2.75, 3.05) is 0 Å². The third kappa shape index (κ3) is 43.5. The number of carbonyl (C=O) groups excluding carboxylic acids is 2. The summed E-state index contributed by atoms with van der Waals surface area (Å²) in [5, 5.41) is 18.8. The van der Waals surface area contributed by atoms with Crippen molar-refractivity contribution < 1.29 is 34.1 Å². The number of unbranched alkanes of at least 4 members (excludes halogenated alkanes) is 22. The van der Waals surface area contributed by atoms with E-state index >= 15 is 0 Å². The molecule has 3 unspecified atom stereocenters. The summed E-state index contributed by atoms with van der Waals surface area (Å²) in [6.07, 6.45) is 50.2. The van der Waals surface area contributed by atoms with Crippen LogP contribution in [0.5, 0.6) is 0 Å². The number of ether oxygens (including phenoxy) is 2. The number of esters is 2. The Bertz CT molecular complexity index is 1030. The summed E-state index contributed by atoms with van der Waals surface area (Å²) in [4.78, 5) is 35.9. The van der Waals surface area contributed by atoms with Crippen LogP contribution in [-0.2, 0) is 23.9 Å². The van der Waals surface area contributed by atoms with E-state index in [1.165, 1.54) is 51.4 Å². The number of carboxylic acid groups (broad SMARTS) is 1. The number of rotatable bonds is 45. The zero-order chi connectivity index (χ0) is 43.3. The molecule has 2 N–H and O–H groups in total. The van der Waals surface area contributed by atoms with Crippen molar-refractivity contribution in [2.24, 2.45) is 0 Å². The van der Waals surface area contributed by atoms with E-state index in [0.717, 1.165) is 167 Å². The molecule has 7 heteroatoms. The van der Waals surface area contributed by atoms with Crippen LogP contribution in [0.15, 0.2) is 36.5 Å². The van der Waals surface area contributed by atoms with Gasteiger partial charge >= 0.3 is 17.9 Å². The van der Waals surface area contributed by atoms with Crippen LogP contribution < -0.4 is 0 Å². The molecule has 0 saturated carbocycles. The summed E-state index contributed by atoms with van der Waals surface area (Å²) in [5.74, 6) is -0.814.